The molecule has 0 heterocycles. The van der Waals surface area contributed by atoms with Gasteiger partial charge in [0.25, 0.3) is 0 Å². The Morgan fingerprint density at radius 2 is 1.50 bits per heavy atom. The number of aromatic hydroxyl groups is 1. The number of hydrogen-bond donors (Lipinski definition) is 2. The van der Waals surface area contributed by atoms with Gasteiger partial charge in [0.15, 0.2) is 0 Å². The molecule has 0 saturated heterocycles. The van der Waals surface area contributed by atoms with Gasteiger partial charge in [0.2, 0.25) is 0 Å². The number of aryl methyl sites for hydroxylation is 1. The molecule has 0 amide bonds. The molecule has 2 aromatic carbocycles. The summed E-state index contributed by atoms with van der Waals surface area (Å²) in [5, 5.41) is 9.42. The molecule has 3 nitrogen and oxygen atoms in total. The number of anilines is 1. The Labute approximate surface area is 120 Å². The van der Waals surface area contributed by atoms with E-state index in [1.54, 1.807) is 6.07 Å². The van der Waals surface area contributed by atoms with Gasteiger partial charge in [-0.3, -0.25) is 4.90 Å². The van der Waals surface area contributed by atoms with Crippen molar-refractivity contribution < 1.29 is 5.11 Å². The van der Waals surface area contributed by atoms with Crippen molar-refractivity contribution in [3.8, 4) is 5.75 Å². The number of nitrogen functional groups attached to an aromatic ring is 1. The predicted octanol–water partition coefficient (Wildman–Crippen LogP) is 3.17. The van der Waals surface area contributed by atoms with Crippen LogP contribution in [0.2, 0.25) is 0 Å². The van der Waals surface area contributed by atoms with E-state index >= 15 is 0 Å². The summed E-state index contributed by atoms with van der Waals surface area (Å²) in [6, 6.07) is 14.1. The maximum Gasteiger partial charge on any atom is 0.138 e. The van der Waals surface area contributed by atoms with Gasteiger partial charge in [-0.05, 0) is 42.3 Å². The molecule has 0 saturated carbocycles. The average molecular weight is 270 g/mol. The van der Waals surface area contributed by atoms with Crippen LogP contribution in [0.4, 0.5) is 5.69 Å². The smallest absolute Gasteiger partial charge is 0.138 e. The minimum atomic E-state index is 0.145. The molecule has 20 heavy (non-hydrogen) atoms. The third-order valence-electron chi connectivity index (χ3n) is 3.43. The van der Waals surface area contributed by atoms with E-state index in [1.165, 1.54) is 11.1 Å². The van der Waals surface area contributed by atoms with Crippen molar-refractivity contribution in [2.75, 3.05) is 12.8 Å². The molecule has 2 rings (SSSR count). The van der Waals surface area contributed by atoms with Gasteiger partial charge < -0.3 is 10.8 Å². The maximum atomic E-state index is 9.42. The second-order valence-electron chi connectivity index (χ2n) is 5.24. The highest BCUT2D eigenvalue weighted by Gasteiger charge is 2.04. The quantitative estimate of drug-likeness (QED) is 0.648. The molecule has 0 fully saturated rings. The lowest BCUT2D eigenvalue weighted by molar-refractivity contribution is 0.319. The Bertz CT molecular complexity index is 564. The topological polar surface area (TPSA) is 49.5 Å². The molecule has 0 bridgehead atoms. The number of nitrogens with two attached hydrogens (primary N) is 1. The van der Waals surface area contributed by atoms with Gasteiger partial charge in [-0.1, -0.05) is 37.3 Å². The van der Waals surface area contributed by atoms with Crippen LogP contribution in [0.25, 0.3) is 0 Å². The third kappa shape index (κ3) is 3.75. The molecule has 0 unspecified atom stereocenters. The SMILES string of the molecule is CCc1ccc(CN(C)Cc2ccc(O)c(N)c2)cc1. The Hall–Kier alpha value is -2.00. The first-order chi connectivity index (χ1) is 9.58. The zero-order chi connectivity index (χ0) is 14.5. The summed E-state index contributed by atoms with van der Waals surface area (Å²) in [7, 11) is 2.08. The predicted molar refractivity (Wildman–Crippen MR) is 83.5 cm³/mol. The third-order valence-corrected chi connectivity index (χ3v) is 3.43. The van der Waals surface area contributed by atoms with E-state index in [1.807, 2.05) is 12.1 Å². The number of hydrogen-bond acceptors (Lipinski definition) is 3. The molecule has 0 spiro atoms. The van der Waals surface area contributed by atoms with Crippen LogP contribution in [0.5, 0.6) is 5.75 Å². The molecular formula is C17H22N2O. The molecule has 0 atom stereocenters. The summed E-state index contributed by atoms with van der Waals surface area (Å²) in [4.78, 5) is 2.23. The molecule has 0 aliphatic heterocycles. The zero-order valence-corrected chi connectivity index (χ0v) is 12.1. The molecule has 0 aromatic heterocycles. The molecule has 106 valence electrons. The van der Waals surface area contributed by atoms with Crippen LogP contribution in [-0.4, -0.2) is 17.1 Å². The summed E-state index contributed by atoms with van der Waals surface area (Å²) in [5.74, 6) is 0.145. The van der Waals surface area contributed by atoms with E-state index in [2.05, 4.69) is 43.1 Å². The summed E-state index contributed by atoms with van der Waals surface area (Å²) in [6.07, 6.45) is 1.07. The van der Waals surface area contributed by atoms with E-state index in [9.17, 15) is 5.11 Å². The van der Waals surface area contributed by atoms with Crippen molar-refractivity contribution >= 4 is 5.69 Å². The first kappa shape index (κ1) is 14.4. The summed E-state index contributed by atoms with van der Waals surface area (Å²) >= 11 is 0. The normalized spacial score (nSPS) is 10.9. The lowest BCUT2D eigenvalue weighted by atomic mass is 10.1. The van der Waals surface area contributed by atoms with Crippen molar-refractivity contribution in [1.29, 1.82) is 0 Å². The standard InChI is InChI=1S/C17H22N2O/c1-3-13-4-6-14(7-5-13)11-19(2)12-15-8-9-17(20)16(18)10-15/h4-10,20H,3,11-12,18H2,1-2H3. The summed E-state index contributed by atoms with van der Waals surface area (Å²) < 4.78 is 0. The van der Waals surface area contributed by atoms with Gasteiger partial charge in [-0.2, -0.15) is 0 Å². The summed E-state index contributed by atoms with van der Waals surface area (Å²) in [5.41, 5.74) is 9.92. The van der Waals surface area contributed by atoms with Gasteiger partial charge in [-0.25, -0.2) is 0 Å². The van der Waals surface area contributed by atoms with Gasteiger partial charge in [0.05, 0.1) is 5.69 Å². The van der Waals surface area contributed by atoms with Crippen molar-refractivity contribution in [1.82, 2.24) is 4.90 Å². The monoisotopic (exact) mass is 270 g/mol. The van der Waals surface area contributed by atoms with E-state index in [0.29, 0.717) is 5.69 Å². The first-order valence-electron chi connectivity index (χ1n) is 6.92. The maximum absolute atomic E-state index is 9.42. The van der Waals surface area contributed by atoms with Gasteiger partial charge in [0, 0.05) is 13.1 Å². The zero-order valence-electron chi connectivity index (χ0n) is 12.1. The van der Waals surface area contributed by atoms with Crippen LogP contribution in [-0.2, 0) is 19.5 Å². The molecule has 0 aliphatic carbocycles. The summed E-state index contributed by atoms with van der Waals surface area (Å²) in [6.45, 7) is 3.86. The second-order valence-corrected chi connectivity index (χ2v) is 5.24. The Kier molecular flexibility index (Phi) is 4.64. The highest BCUT2D eigenvalue weighted by molar-refractivity contribution is 5.53. The molecular weight excluding hydrogens is 248 g/mol. The van der Waals surface area contributed by atoms with Crippen LogP contribution < -0.4 is 5.73 Å². The van der Waals surface area contributed by atoms with Crippen LogP contribution >= 0.6 is 0 Å². The molecule has 3 heteroatoms. The van der Waals surface area contributed by atoms with Gasteiger partial charge in [-0.15, -0.1) is 0 Å². The first-order valence-corrected chi connectivity index (χ1v) is 6.92. The van der Waals surface area contributed by atoms with E-state index in [4.69, 9.17) is 5.73 Å². The Morgan fingerprint density at radius 1 is 0.950 bits per heavy atom. The van der Waals surface area contributed by atoms with Crippen LogP contribution in [0.1, 0.15) is 23.6 Å². The van der Waals surface area contributed by atoms with Crippen molar-refractivity contribution in [2.45, 2.75) is 26.4 Å². The fraction of sp³-hybridized carbons (Fsp3) is 0.294. The average Bonchev–Trinajstić information content (AvgIpc) is 2.44. The largest absolute Gasteiger partial charge is 0.506 e. The molecule has 0 radical (unpaired) electrons. The van der Waals surface area contributed by atoms with Crippen molar-refractivity contribution in [3.63, 3.8) is 0 Å². The van der Waals surface area contributed by atoms with E-state index in [-0.39, 0.29) is 5.75 Å². The van der Waals surface area contributed by atoms with Crippen molar-refractivity contribution in [2.24, 2.45) is 0 Å². The minimum absolute atomic E-state index is 0.145. The van der Waals surface area contributed by atoms with Crippen LogP contribution in [0.15, 0.2) is 42.5 Å². The van der Waals surface area contributed by atoms with Gasteiger partial charge >= 0.3 is 0 Å². The fourth-order valence-corrected chi connectivity index (χ4v) is 2.26. The number of rotatable bonds is 5. The number of phenols is 1. The highest BCUT2D eigenvalue weighted by Crippen LogP contribution is 2.21. The van der Waals surface area contributed by atoms with Crippen LogP contribution in [0, 0.1) is 0 Å². The Balaban J connectivity index is 1.97. The lowest BCUT2D eigenvalue weighted by Gasteiger charge is -2.17. The number of nitrogens with zero attached hydrogens (tertiary/aromatic N) is 1. The molecule has 0 aliphatic rings. The van der Waals surface area contributed by atoms with Crippen LogP contribution in [0.3, 0.4) is 0 Å². The van der Waals surface area contributed by atoms with Gasteiger partial charge in [0.1, 0.15) is 5.75 Å². The second kappa shape index (κ2) is 6.44. The van der Waals surface area contributed by atoms with Crippen molar-refractivity contribution in [3.05, 3.63) is 59.2 Å². The highest BCUT2D eigenvalue weighted by atomic mass is 16.3. The minimum Gasteiger partial charge on any atom is -0.506 e. The fourth-order valence-electron chi connectivity index (χ4n) is 2.26. The lowest BCUT2D eigenvalue weighted by Crippen LogP contribution is -2.17. The number of phenolic OH excluding ortho intramolecular Hbond substituents is 1. The van der Waals surface area contributed by atoms with E-state index < -0.39 is 0 Å². The Morgan fingerprint density at radius 3 is 2.10 bits per heavy atom. The molecule has 2 aromatic rings. The number of benzene rings is 2. The van der Waals surface area contributed by atoms with E-state index in [0.717, 1.165) is 25.1 Å². The molecule has 3 N–H and O–H groups in total.